The van der Waals surface area contributed by atoms with E-state index in [9.17, 15) is 9.50 Å². The minimum absolute atomic E-state index is 0. The van der Waals surface area contributed by atoms with E-state index in [1.165, 1.54) is 24.4 Å². The maximum Gasteiger partial charge on any atom is 0.166 e. The first-order chi connectivity index (χ1) is 8.56. The number of nitrogens with two attached hydrogens (primary N) is 1. The summed E-state index contributed by atoms with van der Waals surface area (Å²) in [5, 5.41) is 18.3. The van der Waals surface area contributed by atoms with Crippen molar-refractivity contribution in [1.82, 2.24) is 0 Å². The number of aliphatic imine (C=N–C) groups is 1. The van der Waals surface area contributed by atoms with Crippen molar-refractivity contribution in [3.8, 4) is 11.5 Å². The molecule has 2 aromatic carbocycles. The zero-order chi connectivity index (χ0) is 13.1. The number of benzene rings is 2. The molecule has 0 fully saturated rings. The number of rotatable bonds is 2. The third-order valence-corrected chi connectivity index (χ3v) is 2.35. The summed E-state index contributed by atoms with van der Waals surface area (Å²) in [6, 6.07) is 8.47. The van der Waals surface area contributed by atoms with E-state index in [2.05, 4.69) is 4.99 Å². The predicted octanol–water partition coefficient (Wildman–Crippen LogP) is 2.57. The van der Waals surface area contributed by atoms with Crippen LogP contribution in [0.25, 0.3) is 0 Å². The van der Waals surface area contributed by atoms with Gasteiger partial charge in [-0.2, -0.15) is 0 Å². The summed E-state index contributed by atoms with van der Waals surface area (Å²) in [5.41, 5.74) is 6.81. The van der Waals surface area contributed by atoms with Crippen molar-refractivity contribution >= 4 is 17.6 Å². The first-order valence-corrected chi connectivity index (χ1v) is 5.17. The summed E-state index contributed by atoms with van der Waals surface area (Å²) in [7, 11) is 0. The number of phenols is 2. The van der Waals surface area contributed by atoms with Crippen molar-refractivity contribution in [3.63, 3.8) is 0 Å². The molecular formula is C13H11FN2O2Pt. The molecule has 2 rings (SSSR count). The second kappa shape index (κ2) is 6.34. The molecule has 102 valence electrons. The Balaban J connectivity index is 0.00000180. The van der Waals surface area contributed by atoms with Crippen molar-refractivity contribution in [2.45, 2.75) is 0 Å². The summed E-state index contributed by atoms with van der Waals surface area (Å²) < 4.78 is 13.0. The predicted molar refractivity (Wildman–Crippen MR) is 67.8 cm³/mol. The fourth-order valence-electron chi connectivity index (χ4n) is 1.39. The zero-order valence-electron chi connectivity index (χ0n) is 9.65. The van der Waals surface area contributed by atoms with Gasteiger partial charge in [-0.1, -0.05) is 0 Å². The molecule has 0 amide bonds. The van der Waals surface area contributed by atoms with Gasteiger partial charge in [-0.15, -0.1) is 0 Å². The van der Waals surface area contributed by atoms with Gasteiger partial charge in [0.05, 0.1) is 5.69 Å². The quantitative estimate of drug-likeness (QED) is 0.381. The molecule has 0 aliphatic heterocycles. The molecule has 19 heavy (non-hydrogen) atoms. The van der Waals surface area contributed by atoms with Gasteiger partial charge in [0, 0.05) is 44.6 Å². The third-order valence-electron chi connectivity index (χ3n) is 2.35. The van der Waals surface area contributed by atoms with Crippen molar-refractivity contribution in [2.75, 3.05) is 5.73 Å². The normalized spacial score (nSPS) is 10.4. The number of hydrogen-bond donors (Lipinski definition) is 3. The molecular weight excluding hydrogens is 430 g/mol. The number of anilines is 1. The van der Waals surface area contributed by atoms with E-state index in [0.29, 0.717) is 11.3 Å². The molecule has 4 nitrogen and oxygen atoms in total. The number of nitrogen functional groups attached to an aromatic ring is 1. The van der Waals surface area contributed by atoms with Crippen LogP contribution in [0, 0.1) is 5.82 Å². The van der Waals surface area contributed by atoms with Crippen LogP contribution >= 0.6 is 0 Å². The summed E-state index contributed by atoms with van der Waals surface area (Å²) in [5.74, 6) is -1.10. The third kappa shape index (κ3) is 3.79. The molecule has 0 atom stereocenters. The molecule has 0 spiro atoms. The van der Waals surface area contributed by atoms with Crippen molar-refractivity contribution in [1.29, 1.82) is 0 Å². The molecule has 0 radical (unpaired) electrons. The van der Waals surface area contributed by atoms with Crippen LogP contribution in [0.3, 0.4) is 0 Å². The van der Waals surface area contributed by atoms with E-state index in [0.717, 1.165) is 6.07 Å². The average Bonchev–Trinajstić information content (AvgIpc) is 2.34. The van der Waals surface area contributed by atoms with Crippen LogP contribution in [0.2, 0.25) is 0 Å². The summed E-state index contributed by atoms with van der Waals surface area (Å²) in [4.78, 5) is 4.10. The Kier molecular flexibility index (Phi) is 5.07. The Labute approximate surface area is 123 Å². The van der Waals surface area contributed by atoms with Gasteiger partial charge in [0.1, 0.15) is 5.75 Å². The Morgan fingerprint density at radius 3 is 2.37 bits per heavy atom. The number of halogens is 1. The molecule has 0 aliphatic rings. The number of hydrogen-bond acceptors (Lipinski definition) is 4. The summed E-state index contributed by atoms with van der Waals surface area (Å²) in [6.45, 7) is 0. The van der Waals surface area contributed by atoms with Crippen LogP contribution < -0.4 is 5.73 Å². The van der Waals surface area contributed by atoms with Crippen molar-refractivity contribution in [2.24, 2.45) is 4.99 Å². The van der Waals surface area contributed by atoms with Gasteiger partial charge in [0.2, 0.25) is 0 Å². The van der Waals surface area contributed by atoms with Crippen molar-refractivity contribution < 1.29 is 35.7 Å². The average molecular weight is 441 g/mol. The van der Waals surface area contributed by atoms with Gasteiger partial charge >= 0.3 is 0 Å². The van der Waals surface area contributed by atoms with Crippen LogP contribution in [-0.2, 0) is 21.1 Å². The fourth-order valence-corrected chi connectivity index (χ4v) is 1.39. The first kappa shape index (κ1) is 15.2. The molecule has 0 saturated carbocycles. The maximum atomic E-state index is 13.0. The van der Waals surface area contributed by atoms with Crippen LogP contribution in [0.15, 0.2) is 41.4 Å². The largest absolute Gasteiger partial charge is 0.508 e. The van der Waals surface area contributed by atoms with E-state index in [-0.39, 0.29) is 32.5 Å². The number of phenolic OH excluding ortho intramolecular Hbond substituents is 2. The van der Waals surface area contributed by atoms with Gasteiger partial charge < -0.3 is 15.9 Å². The Morgan fingerprint density at radius 2 is 1.74 bits per heavy atom. The number of aromatic hydroxyl groups is 2. The van der Waals surface area contributed by atoms with E-state index < -0.39 is 11.6 Å². The summed E-state index contributed by atoms with van der Waals surface area (Å²) >= 11 is 0. The smallest absolute Gasteiger partial charge is 0.166 e. The van der Waals surface area contributed by atoms with Gasteiger partial charge in [0.25, 0.3) is 0 Å². The van der Waals surface area contributed by atoms with Gasteiger partial charge in [-0.3, -0.25) is 4.99 Å². The molecule has 0 saturated heterocycles. The van der Waals surface area contributed by atoms with Crippen LogP contribution in [0.5, 0.6) is 11.5 Å². The second-order valence-corrected chi connectivity index (χ2v) is 3.71. The molecule has 0 aliphatic carbocycles. The fraction of sp³-hybridized carbons (Fsp3) is 0. The number of nitrogens with zero attached hydrogens (tertiary/aromatic N) is 1. The van der Waals surface area contributed by atoms with E-state index in [1.54, 1.807) is 12.1 Å². The zero-order valence-corrected chi connectivity index (χ0v) is 11.9. The first-order valence-electron chi connectivity index (χ1n) is 5.17. The molecule has 0 unspecified atom stereocenters. The topological polar surface area (TPSA) is 78.8 Å². The molecule has 0 aromatic heterocycles. The minimum atomic E-state index is -0.769. The van der Waals surface area contributed by atoms with Gasteiger partial charge in [-0.25, -0.2) is 4.39 Å². The van der Waals surface area contributed by atoms with Crippen LogP contribution in [0.4, 0.5) is 15.8 Å². The molecule has 4 N–H and O–H groups in total. The van der Waals surface area contributed by atoms with Gasteiger partial charge in [-0.05, 0) is 30.3 Å². The Bertz CT molecular complexity index is 600. The van der Waals surface area contributed by atoms with E-state index >= 15 is 0 Å². The molecule has 0 bridgehead atoms. The van der Waals surface area contributed by atoms with Crippen molar-refractivity contribution in [3.05, 3.63) is 47.8 Å². The van der Waals surface area contributed by atoms with Crippen LogP contribution in [-0.4, -0.2) is 16.4 Å². The standard InChI is InChI=1S/C13H11FN2O2.Pt/c14-11-6-12(15)8(5-13(11)18)7-16-9-1-3-10(17)4-2-9;/h1-7,17-18H,15H2;. The molecule has 2 aromatic rings. The SMILES string of the molecule is Nc1cc(F)c(O)cc1C=Nc1ccc(O)cc1.[Pt]. The van der Waals surface area contributed by atoms with E-state index in [4.69, 9.17) is 10.8 Å². The Hall–Kier alpha value is -1.87. The minimum Gasteiger partial charge on any atom is -0.508 e. The Morgan fingerprint density at radius 1 is 1.11 bits per heavy atom. The second-order valence-electron chi connectivity index (χ2n) is 3.71. The molecule has 6 heteroatoms. The monoisotopic (exact) mass is 441 g/mol. The van der Waals surface area contributed by atoms with Crippen LogP contribution in [0.1, 0.15) is 5.56 Å². The summed E-state index contributed by atoms with van der Waals surface area (Å²) in [6.07, 6.45) is 1.42. The van der Waals surface area contributed by atoms with Gasteiger partial charge in [0.15, 0.2) is 11.6 Å². The van der Waals surface area contributed by atoms with E-state index in [1.807, 2.05) is 0 Å². The molecule has 0 heterocycles. The maximum absolute atomic E-state index is 13.0.